The molecule has 186 valence electrons. The number of imidazole rings is 1. The number of piperidine rings is 1. The van der Waals surface area contributed by atoms with Crippen molar-refractivity contribution in [2.45, 2.75) is 55.9 Å². The van der Waals surface area contributed by atoms with Gasteiger partial charge in [0.15, 0.2) is 11.2 Å². The fourth-order valence-electron chi connectivity index (χ4n) is 5.13. The number of aliphatic carboxylic acids is 1. The van der Waals surface area contributed by atoms with Gasteiger partial charge >= 0.3 is 11.7 Å². The smallest absolute Gasteiger partial charge is 0.332 e. The Morgan fingerprint density at radius 2 is 1.91 bits per heavy atom. The van der Waals surface area contributed by atoms with Crippen molar-refractivity contribution in [3.05, 3.63) is 27.2 Å². The number of likely N-dealkylation sites (tertiary alicyclic amines) is 1. The summed E-state index contributed by atoms with van der Waals surface area (Å²) >= 11 is 0. The number of nitrogens with two attached hydrogens (primary N) is 1. The standard InChI is InChI=1S/C21H30N6O7/c1-20(33)10-21(4-6-26(7-5-21)14(28)8-12(22)18(30)31)34-9-13(20)27-11-23-16-15(27)17(29)25(3)19(32)24(16)2/h11-13,33H,4-10,22H2,1-3H3,(H,30,31)/t12-,13+,20+/m0/s1. The summed E-state index contributed by atoms with van der Waals surface area (Å²) in [5.74, 6) is -1.54. The van der Waals surface area contributed by atoms with E-state index in [0.29, 0.717) is 25.9 Å². The highest BCUT2D eigenvalue weighted by Crippen LogP contribution is 2.44. The number of hydrogen-bond donors (Lipinski definition) is 3. The number of carbonyl (C=O) groups is 2. The van der Waals surface area contributed by atoms with E-state index in [2.05, 4.69) is 4.98 Å². The van der Waals surface area contributed by atoms with Gasteiger partial charge in [-0.2, -0.15) is 0 Å². The molecule has 4 rings (SSSR count). The Balaban J connectivity index is 1.52. The molecule has 0 aromatic carbocycles. The van der Waals surface area contributed by atoms with Gasteiger partial charge in [-0.1, -0.05) is 0 Å². The maximum Gasteiger partial charge on any atom is 0.332 e. The van der Waals surface area contributed by atoms with Gasteiger partial charge in [-0.15, -0.1) is 0 Å². The molecule has 0 unspecified atom stereocenters. The van der Waals surface area contributed by atoms with E-state index in [9.17, 15) is 24.3 Å². The number of nitrogens with zero attached hydrogens (tertiary/aromatic N) is 5. The van der Waals surface area contributed by atoms with Crippen LogP contribution in [-0.4, -0.2) is 82.6 Å². The first-order valence-electron chi connectivity index (χ1n) is 11.1. The van der Waals surface area contributed by atoms with E-state index in [1.165, 1.54) is 25.0 Å². The second kappa shape index (κ2) is 8.32. The lowest BCUT2D eigenvalue weighted by atomic mass is 9.75. The molecule has 3 atom stereocenters. The minimum Gasteiger partial charge on any atom is -0.480 e. The van der Waals surface area contributed by atoms with Crippen molar-refractivity contribution in [1.82, 2.24) is 23.6 Å². The molecular weight excluding hydrogens is 448 g/mol. The highest BCUT2D eigenvalue weighted by Gasteiger charge is 2.50. The number of amides is 1. The van der Waals surface area contributed by atoms with Crippen molar-refractivity contribution in [1.29, 1.82) is 0 Å². The van der Waals surface area contributed by atoms with E-state index in [1.54, 1.807) is 16.4 Å². The van der Waals surface area contributed by atoms with Crippen LogP contribution < -0.4 is 17.0 Å². The van der Waals surface area contributed by atoms with Crippen LogP contribution in [0.5, 0.6) is 0 Å². The first-order chi connectivity index (χ1) is 15.9. The zero-order valence-electron chi connectivity index (χ0n) is 19.4. The molecule has 2 aliphatic rings. The zero-order chi connectivity index (χ0) is 25.0. The van der Waals surface area contributed by atoms with Crippen molar-refractivity contribution >= 4 is 23.0 Å². The van der Waals surface area contributed by atoms with Gasteiger partial charge in [-0.3, -0.25) is 23.5 Å². The molecule has 1 spiro atoms. The molecule has 2 saturated heterocycles. The number of aromatic nitrogens is 4. The quantitative estimate of drug-likeness (QED) is 0.463. The molecular formula is C21H30N6O7. The third-order valence-corrected chi connectivity index (χ3v) is 7.19. The van der Waals surface area contributed by atoms with Crippen LogP contribution in [0.1, 0.15) is 38.6 Å². The Bertz CT molecular complexity index is 1250. The molecule has 2 fully saturated rings. The Labute approximate surface area is 194 Å². The van der Waals surface area contributed by atoms with E-state index >= 15 is 0 Å². The fraction of sp³-hybridized carbons (Fsp3) is 0.667. The van der Waals surface area contributed by atoms with E-state index in [0.717, 1.165) is 4.57 Å². The van der Waals surface area contributed by atoms with Gasteiger partial charge < -0.3 is 30.2 Å². The number of carboxylic acids is 1. The molecule has 0 aliphatic carbocycles. The molecule has 0 radical (unpaired) electrons. The summed E-state index contributed by atoms with van der Waals surface area (Å²) in [5, 5.41) is 20.4. The van der Waals surface area contributed by atoms with Crippen LogP contribution in [0.3, 0.4) is 0 Å². The molecule has 0 bridgehead atoms. The van der Waals surface area contributed by atoms with Gasteiger partial charge in [0.2, 0.25) is 5.91 Å². The number of aryl methyl sites for hydroxylation is 1. The van der Waals surface area contributed by atoms with Crippen molar-refractivity contribution in [2.75, 3.05) is 19.7 Å². The van der Waals surface area contributed by atoms with E-state index in [4.69, 9.17) is 15.6 Å². The minimum atomic E-state index is -1.26. The van der Waals surface area contributed by atoms with Gasteiger partial charge in [0.1, 0.15) is 6.04 Å². The highest BCUT2D eigenvalue weighted by molar-refractivity contribution is 5.84. The predicted octanol–water partition coefficient (Wildman–Crippen LogP) is -1.69. The summed E-state index contributed by atoms with van der Waals surface area (Å²) < 4.78 is 10.1. The van der Waals surface area contributed by atoms with E-state index < -0.39 is 40.5 Å². The van der Waals surface area contributed by atoms with Crippen LogP contribution in [-0.2, 0) is 28.4 Å². The number of rotatable bonds is 4. The Kier molecular flexibility index (Phi) is 5.90. The minimum absolute atomic E-state index is 0.113. The van der Waals surface area contributed by atoms with Gasteiger partial charge in [0.25, 0.3) is 5.56 Å². The van der Waals surface area contributed by atoms with Crippen LogP contribution in [0, 0.1) is 0 Å². The van der Waals surface area contributed by atoms with Crippen LogP contribution in [0.25, 0.3) is 11.2 Å². The molecule has 0 saturated carbocycles. The summed E-state index contributed by atoms with van der Waals surface area (Å²) in [6.07, 6.45) is 2.40. The van der Waals surface area contributed by atoms with Crippen molar-refractivity contribution in [3.8, 4) is 0 Å². The summed E-state index contributed by atoms with van der Waals surface area (Å²) in [6.45, 7) is 2.52. The number of aliphatic hydroxyl groups is 1. The lowest BCUT2D eigenvalue weighted by Gasteiger charge is -2.51. The number of carbonyl (C=O) groups excluding carboxylic acids is 1. The van der Waals surface area contributed by atoms with Crippen LogP contribution in [0.2, 0.25) is 0 Å². The Morgan fingerprint density at radius 1 is 1.26 bits per heavy atom. The molecule has 4 N–H and O–H groups in total. The normalized spacial score (nSPS) is 25.6. The maximum atomic E-state index is 12.8. The van der Waals surface area contributed by atoms with Crippen LogP contribution in [0.15, 0.2) is 15.9 Å². The van der Waals surface area contributed by atoms with Gasteiger partial charge in [0, 0.05) is 33.6 Å². The third kappa shape index (κ3) is 3.93. The van der Waals surface area contributed by atoms with E-state index in [1.807, 2.05) is 0 Å². The van der Waals surface area contributed by atoms with Gasteiger partial charge in [-0.05, 0) is 19.8 Å². The second-order valence-corrected chi connectivity index (χ2v) is 9.60. The monoisotopic (exact) mass is 478 g/mol. The van der Waals surface area contributed by atoms with Crippen molar-refractivity contribution in [2.24, 2.45) is 19.8 Å². The lowest BCUT2D eigenvalue weighted by molar-refractivity contribution is -0.197. The maximum absolute atomic E-state index is 12.8. The molecule has 34 heavy (non-hydrogen) atoms. The lowest BCUT2D eigenvalue weighted by Crippen LogP contribution is -2.58. The SMILES string of the molecule is Cn1c(=O)c2c(ncn2[C@@H]2COC3(CCN(C(=O)C[C@H](N)C(=O)O)CC3)C[C@@]2(C)O)n(C)c1=O. The summed E-state index contributed by atoms with van der Waals surface area (Å²) in [4.78, 5) is 54.2. The van der Waals surface area contributed by atoms with E-state index in [-0.39, 0.29) is 36.5 Å². The fourth-order valence-corrected chi connectivity index (χ4v) is 5.13. The molecule has 2 aromatic heterocycles. The average Bonchev–Trinajstić information content (AvgIpc) is 3.20. The Morgan fingerprint density at radius 3 is 2.50 bits per heavy atom. The molecule has 2 aliphatic heterocycles. The third-order valence-electron chi connectivity index (χ3n) is 7.19. The Hall–Kier alpha value is -3.03. The number of ether oxygens (including phenoxy) is 1. The topological polar surface area (TPSA) is 175 Å². The van der Waals surface area contributed by atoms with Gasteiger partial charge in [-0.25, -0.2) is 9.78 Å². The second-order valence-electron chi connectivity index (χ2n) is 9.60. The highest BCUT2D eigenvalue weighted by atomic mass is 16.5. The van der Waals surface area contributed by atoms with Crippen LogP contribution >= 0.6 is 0 Å². The molecule has 1 amide bonds. The largest absolute Gasteiger partial charge is 0.480 e. The molecule has 13 heteroatoms. The van der Waals surface area contributed by atoms with Crippen LogP contribution in [0.4, 0.5) is 0 Å². The van der Waals surface area contributed by atoms with Crippen molar-refractivity contribution < 1.29 is 24.5 Å². The molecule has 4 heterocycles. The zero-order valence-corrected chi connectivity index (χ0v) is 19.4. The predicted molar refractivity (Wildman–Crippen MR) is 119 cm³/mol. The van der Waals surface area contributed by atoms with Gasteiger partial charge in [0.05, 0.1) is 36.6 Å². The average molecular weight is 479 g/mol. The molecule has 2 aromatic rings. The summed E-state index contributed by atoms with van der Waals surface area (Å²) in [7, 11) is 2.93. The summed E-state index contributed by atoms with van der Waals surface area (Å²) in [6, 6.07) is -1.85. The summed E-state index contributed by atoms with van der Waals surface area (Å²) in [5.41, 5.74) is 3.02. The number of carboxylic acid groups (broad SMARTS) is 1. The first-order valence-corrected chi connectivity index (χ1v) is 11.1. The van der Waals surface area contributed by atoms with Crippen molar-refractivity contribution in [3.63, 3.8) is 0 Å². The number of fused-ring (bicyclic) bond motifs is 1. The first kappa shape index (κ1) is 24.1. The number of hydrogen-bond acceptors (Lipinski definition) is 8. The molecule has 13 nitrogen and oxygen atoms in total.